The van der Waals surface area contributed by atoms with Gasteiger partial charge in [0.2, 0.25) is 0 Å². The van der Waals surface area contributed by atoms with Crippen molar-refractivity contribution >= 4 is 11.6 Å². The van der Waals surface area contributed by atoms with Crippen LogP contribution in [0.4, 0.5) is 0 Å². The van der Waals surface area contributed by atoms with Crippen molar-refractivity contribution in [3.8, 4) is 0 Å². The minimum atomic E-state index is 0.353. The number of fused-ring (bicyclic) bond motifs is 5. The van der Waals surface area contributed by atoms with Crippen molar-refractivity contribution in [2.75, 3.05) is 0 Å². The van der Waals surface area contributed by atoms with Crippen LogP contribution in [0.5, 0.6) is 0 Å². The van der Waals surface area contributed by atoms with Crippen molar-refractivity contribution < 1.29 is 9.59 Å². The molecule has 2 nitrogen and oxygen atoms in total. The van der Waals surface area contributed by atoms with E-state index in [1.807, 2.05) is 6.08 Å². The van der Waals surface area contributed by atoms with E-state index >= 15 is 0 Å². The molecule has 0 amide bonds. The monoisotopic (exact) mass is 286 g/mol. The lowest BCUT2D eigenvalue weighted by Crippen LogP contribution is -2.42. The Morgan fingerprint density at radius 2 is 1.62 bits per heavy atom. The molecule has 3 saturated carbocycles. The first-order valence-electron chi connectivity index (χ1n) is 8.89. The van der Waals surface area contributed by atoms with Gasteiger partial charge in [0, 0.05) is 12.3 Å². The quantitative estimate of drug-likeness (QED) is 0.731. The molecule has 0 radical (unpaired) electrons. The first kappa shape index (κ1) is 13.7. The lowest BCUT2D eigenvalue weighted by molar-refractivity contribution is -0.123. The zero-order valence-electron chi connectivity index (χ0n) is 13.0. The third kappa shape index (κ3) is 2.13. The van der Waals surface area contributed by atoms with Crippen LogP contribution in [0.2, 0.25) is 0 Å². The molecule has 0 aromatic rings. The minimum Gasteiger partial charge on any atom is -0.300 e. The highest BCUT2D eigenvalue weighted by Gasteiger charge is 2.50. The highest BCUT2D eigenvalue weighted by molar-refractivity contribution is 5.91. The maximum Gasteiger partial charge on any atom is 0.155 e. The molecular formula is C19H26O2. The summed E-state index contributed by atoms with van der Waals surface area (Å²) in [6.07, 6.45) is 11.2. The number of rotatable bonds is 1. The van der Waals surface area contributed by atoms with Crippen LogP contribution in [-0.4, -0.2) is 11.6 Å². The fourth-order valence-corrected chi connectivity index (χ4v) is 6.34. The Balaban J connectivity index is 1.57. The summed E-state index contributed by atoms with van der Waals surface area (Å²) in [7, 11) is 0. The molecule has 6 atom stereocenters. The number of ketones is 2. The van der Waals surface area contributed by atoms with Crippen LogP contribution >= 0.6 is 0 Å². The van der Waals surface area contributed by atoms with Crippen LogP contribution in [0.25, 0.3) is 0 Å². The highest BCUT2D eigenvalue weighted by Crippen LogP contribution is 2.58. The van der Waals surface area contributed by atoms with E-state index in [4.69, 9.17) is 0 Å². The van der Waals surface area contributed by atoms with Crippen LogP contribution in [0, 0.1) is 35.5 Å². The summed E-state index contributed by atoms with van der Waals surface area (Å²) in [5.74, 6) is 4.97. The SMILES string of the molecule is CC(=O)[C@H]1CC[C@H]2[C@@H]3CCC4=CC(=O)CC[C@@H]4[C@H]3CC[C@@H]21. The van der Waals surface area contributed by atoms with Gasteiger partial charge in [0.05, 0.1) is 0 Å². The van der Waals surface area contributed by atoms with Gasteiger partial charge in [-0.1, -0.05) is 5.57 Å². The summed E-state index contributed by atoms with van der Waals surface area (Å²) >= 11 is 0. The first-order chi connectivity index (χ1) is 10.1. The van der Waals surface area contributed by atoms with Gasteiger partial charge in [-0.2, -0.15) is 0 Å². The van der Waals surface area contributed by atoms with E-state index in [1.54, 1.807) is 6.92 Å². The molecule has 0 aliphatic heterocycles. The molecule has 0 N–H and O–H groups in total. The van der Waals surface area contributed by atoms with Gasteiger partial charge in [-0.3, -0.25) is 9.59 Å². The number of hydrogen-bond acceptors (Lipinski definition) is 2. The lowest BCUT2D eigenvalue weighted by Gasteiger charge is -2.49. The molecule has 114 valence electrons. The van der Waals surface area contributed by atoms with Gasteiger partial charge < -0.3 is 0 Å². The maximum absolute atomic E-state index is 11.9. The Hall–Kier alpha value is -0.920. The van der Waals surface area contributed by atoms with E-state index < -0.39 is 0 Å². The van der Waals surface area contributed by atoms with E-state index in [2.05, 4.69) is 0 Å². The number of Topliss-reactive ketones (excluding diaryl/α,β-unsaturated/α-hetero) is 1. The normalized spacial score (nSPS) is 45.4. The average molecular weight is 286 g/mol. The van der Waals surface area contributed by atoms with Gasteiger partial charge in [-0.05, 0) is 87.5 Å². The van der Waals surface area contributed by atoms with E-state index in [9.17, 15) is 9.59 Å². The molecule has 4 rings (SSSR count). The summed E-state index contributed by atoms with van der Waals surface area (Å²) in [5.41, 5.74) is 1.46. The smallest absolute Gasteiger partial charge is 0.155 e. The molecule has 4 aliphatic carbocycles. The third-order valence-corrected chi connectivity index (χ3v) is 7.14. The molecule has 3 fully saturated rings. The Bertz CT molecular complexity index is 504. The maximum atomic E-state index is 11.9. The Morgan fingerprint density at radius 3 is 2.43 bits per heavy atom. The largest absolute Gasteiger partial charge is 0.300 e. The van der Waals surface area contributed by atoms with E-state index in [1.165, 1.54) is 31.3 Å². The van der Waals surface area contributed by atoms with Crippen LogP contribution in [-0.2, 0) is 9.59 Å². The zero-order chi connectivity index (χ0) is 14.6. The molecular weight excluding hydrogens is 260 g/mol. The second-order valence-corrected chi connectivity index (χ2v) is 7.90. The number of carbonyl (C=O) groups is 2. The number of allylic oxidation sites excluding steroid dienone is 1. The van der Waals surface area contributed by atoms with Crippen molar-refractivity contribution in [2.45, 2.75) is 58.3 Å². The number of hydrogen-bond donors (Lipinski definition) is 0. The van der Waals surface area contributed by atoms with Gasteiger partial charge in [-0.15, -0.1) is 0 Å². The molecule has 0 bridgehead atoms. The van der Waals surface area contributed by atoms with Crippen molar-refractivity contribution in [3.63, 3.8) is 0 Å². The minimum absolute atomic E-state index is 0.353. The van der Waals surface area contributed by atoms with Gasteiger partial charge >= 0.3 is 0 Å². The fourth-order valence-electron chi connectivity index (χ4n) is 6.34. The summed E-state index contributed by atoms with van der Waals surface area (Å²) in [6, 6.07) is 0. The van der Waals surface area contributed by atoms with Crippen LogP contribution in [0.3, 0.4) is 0 Å². The lowest BCUT2D eigenvalue weighted by atomic mass is 9.55. The van der Waals surface area contributed by atoms with Gasteiger partial charge in [-0.25, -0.2) is 0 Å². The molecule has 4 aliphatic rings. The van der Waals surface area contributed by atoms with E-state index in [-0.39, 0.29) is 0 Å². The summed E-state index contributed by atoms with van der Waals surface area (Å²) < 4.78 is 0. The Labute approximate surface area is 127 Å². The van der Waals surface area contributed by atoms with Gasteiger partial charge in [0.25, 0.3) is 0 Å². The molecule has 0 spiro atoms. The molecule has 0 aromatic carbocycles. The second kappa shape index (κ2) is 5.07. The molecule has 0 unspecified atom stereocenters. The number of carbonyl (C=O) groups excluding carboxylic acids is 2. The molecule has 0 aromatic heterocycles. The molecule has 21 heavy (non-hydrogen) atoms. The summed E-state index contributed by atoms with van der Waals surface area (Å²) in [6.45, 7) is 1.80. The topological polar surface area (TPSA) is 34.1 Å². The summed E-state index contributed by atoms with van der Waals surface area (Å²) in [4.78, 5) is 23.5. The average Bonchev–Trinajstić information content (AvgIpc) is 2.90. The fraction of sp³-hybridized carbons (Fsp3) is 0.789. The third-order valence-electron chi connectivity index (χ3n) is 7.14. The van der Waals surface area contributed by atoms with E-state index in [0.717, 1.165) is 43.4 Å². The predicted octanol–water partition coefficient (Wildman–Crippen LogP) is 3.94. The first-order valence-corrected chi connectivity index (χ1v) is 8.89. The van der Waals surface area contributed by atoms with E-state index in [0.29, 0.717) is 29.3 Å². The van der Waals surface area contributed by atoms with Gasteiger partial charge in [0.1, 0.15) is 5.78 Å². The van der Waals surface area contributed by atoms with Crippen molar-refractivity contribution in [2.24, 2.45) is 35.5 Å². The molecule has 0 saturated heterocycles. The molecule has 2 heteroatoms. The van der Waals surface area contributed by atoms with Crippen LogP contribution in [0.1, 0.15) is 58.3 Å². The standard InChI is InChI=1S/C19H26O2/c1-11(20)14-6-7-19-16(14)8-9-17-15-5-3-13(21)10-12(15)2-4-18(17)19/h10,14-19H,2-9H2,1H3/t14-,15+,16-,17-,18-,19-/m1/s1. The zero-order valence-corrected chi connectivity index (χ0v) is 13.0. The van der Waals surface area contributed by atoms with Crippen LogP contribution < -0.4 is 0 Å². The van der Waals surface area contributed by atoms with Crippen LogP contribution in [0.15, 0.2) is 11.6 Å². The molecule has 0 heterocycles. The second-order valence-electron chi connectivity index (χ2n) is 7.90. The highest BCUT2D eigenvalue weighted by atomic mass is 16.1. The van der Waals surface area contributed by atoms with Crippen molar-refractivity contribution in [1.82, 2.24) is 0 Å². The van der Waals surface area contributed by atoms with Crippen molar-refractivity contribution in [3.05, 3.63) is 11.6 Å². The van der Waals surface area contributed by atoms with Gasteiger partial charge in [0.15, 0.2) is 5.78 Å². The Kier molecular flexibility index (Phi) is 3.31. The predicted molar refractivity (Wildman–Crippen MR) is 81.6 cm³/mol. The van der Waals surface area contributed by atoms with Crippen molar-refractivity contribution in [1.29, 1.82) is 0 Å². The Morgan fingerprint density at radius 1 is 0.905 bits per heavy atom. The summed E-state index contributed by atoms with van der Waals surface area (Å²) in [5, 5.41) is 0.